The molecule has 0 amide bonds. The van der Waals surface area contributed by atoms with Gasteiger partial charge >= 0.3 is 6.18 Å². The van der Waals surface area contributed by atoms with Crippen molar-refractivity contribution in [3.05, 3.63) is 35.4 Å². The second kappa shape index (κ2) is 7.23. The molecule has 3 rings (SSSR count). The molecule has 24 heavy (non-hydrogen) atoms. The van der Waals surface area contributed by atoms with Crippen LogP contribution in [-0.4, -0.2) is 24.8 Å². The quantitative estimate of drug-likeness (QED) is 0.750. The zero-order chi connectivity index (χ0) is 17.2. The third-order valence-corrected chi connectivity index (χ3v) is 4.75. The minimum atomic E-state index is -4.39. The number of hydrogen-bond acceptors (Lipinski definition) is 3. The van der Waals surface area contributed by atoms with Crippen LogP contribution in [0.1, 0.15) is 54.4 Å². The molecule has 1 aromatic rings. The number of ether oxygens (including phenoxy) is 2. The number of benzene rings is 1. The first kappa shape index (κ1) is 17.4. The Hall–Kier alpha value is -1.40. The second-order valence-electron chi connectivity index (χ2n) is 6.56. The monoisotopic (exact) mass is 342 g/mol. The Bertz CT molecular complexity index is 562. The van der Waals surface area contributed by atoms with Gasteiger partial charge in [0.25, 0.3) is 0 Å². The van der Waals surface area contributed by atoms with Crippen LogP contribution >= 0.6 is 0 Å². The number of halogens is 3. The lowest BCUT2D eigenvalue weighted by Gasteiger charge is -2.26. The highest BCUT2D eigenvalue weighted by atomic mass is 19.4. The normalized spacial score (nSPS) is 25.8. The minimum absolute atomic E-state index is 0.134. The number of alkyl halides is 3. The number of ketones is 1. The molecular formula is C18H21F3O3. The SMILES string of the molecule is O=C(C[C@H]1CO[C@H](C2CCCCC2)O1)c1ccc(C(F)(F)F)cc1. The molecule has 0 radical (unpaired) electrons. The zero-order valence-corrected chi connectivity index (χ0v) is 13.3. The van der Waals surface area contributed by atoms with Crippen LogP contribution in [0.2, 0.25) is 0 Å². The summed E-state index contributed by atoms with van der Waals surface area (Å²) in [6, 6.07) is 4.31. The van der Waals surface area contributed by atoms with Gasteiger partial charge in [-0.3, -0.25) is 4.79 Å². The average molecular weight is 342 g/mol. The van der Waals surface area contributed by atoms with Crippen molar-refractivity contribution in [1.29, 1.82) is 0 Å². The fourth-order valence-corrected chi connectivity index (χ4v) is 3.40. The van der Waals surface area contributed by atoms with Gasteiger partial charge in [0, 0.05) is 17.9 Å². The highest BCUT2D eigenvalue weighted by Crippen LogP contribution is 2.33. The molecule has 2 atom stereocenters. The first-order valence-corrected chi connectivity index (χ1v) is 8.41. The standard InChI is InChI=1S/C18H21F3O3/c19-18(20,21)14-8-6-12(7-9-14)16(22)10-15-11-23-17(24-15)13-4-2-1-3-5-13/h6-9,13,15,17H,1-5,10-11H2/t15-,17-/m0/s1. The lowest BCUT2D eigenvalue weighted by Crippen LogP contribution is -2.25. The molecule has 2 aliphatic rings. The Kier molecular flexibility index (Phi) is 5.25. The predicted octanol–water partition coefficient (Wildman–Crippen LogP) is 4.60. The van der Waals surface area contributed by atoms with Crippen LogP contribution in [0.15, 0.2) is 24.3 Å². The molecule has 0 spiro atoms. The van der Waals surface area contributed by atoms with E-state index >= 15 is 0 Å². The summed E-state index contributed by atoms with van der Waals surface area (Å²) in [5, 5.41) is 0. The van der Waals surface area contributed by atoms with E-state index in [1.165, 1.54) is 31.4 Å². The van der Waals surface area contributed by atoms with Crippen molar-refractivity contribution in [3.63, 3.8) is 0 Å². The first-order chi connectivity index (χ1) is 11.4. The number of hydrogen-bond donors (Lipinski definition) is 0. The third kappa shape index (κ3) is 4.16. The molecule has 1 saturated carbocycles. The number of Topliss-reactive ketones (excluding diaryl/α,β-unsaturated/α-hetero) is 1. The topological polar surface area (TPSA) is 35.5 Å². The van der Waals surface area contributed by atoms with E-state index in [-0.39, 0.29) is 30.2 Å². The molecule has 2 fully saturated rings. The van der Waals surface area contributed by atoms with Crippen LogP contribution in [-0.2, 0) is 15.7 Å². The van der Waals surface area contributed by atoms with Gasteiger partial charge < -0.3 is 9.47 Å². The molecule has 3 nitrogen and oxygen atoms in total. The maximum Gasteiger partial charge on any atom is 0.416 e. The average Bonchev–Trinajstić information content (AvgIpc) is 3.03. The summed E-state index contributed by atoms with van der Waals surface area (Å²) in [5.41, 5.74) is -0.482. The molecule has 0 aromatic heterocycles. The highest BCUT2D eigenvalue weighted by molar-refractivity contribution is 5.96. The Morgan fingerprint density at radius 3 is 2.38 bits per heavy atom. The smallest absolute Gasteiger partial charge is 0.350 e. The molecular weight excluding hydrogens is 321 g/mol. The van der Waals surface area contributed by atoms with Crippen LogP contribution in [0.3, 0.4) is 0 Å². The molecule has 1 aliphatic heterocycles. The van der Waals surface area contributed by atoms with Gasteiger partial charge in [-0.05, 0) is 25.0 Å². The maximum atomic E-state index is 12.5. The lowest BCUT2D eigenvalue weighted by molar-refractivity contribution is -0.137. The number of carbonyl (C=O) groups excluding carboxylic acids is 1. The maximum absolute atomic E-state index is 12.5. The van der Waals surface area contributed by atoms with Crippen molar-refractivity contribution in [2.75, 3.05) is 6.61 Å². The molecule has 1 aromatic carbocycles. The van der Waals surface area contributed by atoms with Crippen molar-refractivity contribution in [3.8, 4) is 0 Å². The van der Waals surface area contributed by atoms with E-state index in [1.54, 1.807) is 0 Å². The Morgan fingerprint density at radius 1 is 1.08 bits per heavy atom. The second-order valence-corrected chi connectivity index (χ2v) is 6.56. The lowest BCUT2D eigenvalue weighted by atomic mass is 9.89. The summed E-state index contributed by atoms with van der Waals surface area (Å²) in [6.07, 6.45) is 0.980. The summed E-state index contributed by atoms with van der Waals surface area (Å²) in [4.78, 5) is 12.2. The molecule has 0 unspecified atom stereocenters. The van der Waals surface area contributed by atoms with E-state index in [1.807, 2.05) is 0 Å². The third-order valence-electron chi connectivity index (χ3n) is 4.75. The number of carbonyl (C=O) groups is 1. The van der Waals surface area contributed by atoms with Crippen LogP contribution in [0.25, 0.3) is 0 Å². The van der Waals surface area contributed by atoms with Gasteiger partial charge in [-0.1, -0.05) is 31.4 Å². The molecule has 132 valence electrons. The van der Waals surface area contributed by atoms with Crippen LogP contribution in [0.5, 0.6) is 0 Å². The van der Waals surface area contributed by atoms with E-state index < -0.39 is 11.7 Å². The van der Waals surface area contributed by atoms with E-state index in [0.717, 1.165) is 25.0 Å². The molecule has 0 bridgehead atoms. The van der Waals surface area contributed by atoms with E-state index in [9.17, 15) is 18.0 Å². The fourth-order valence-electron chi connectivity index (χ4n) is 3.40. The summed E-state index contributed by atoms with van der Waals surface area (Å²) in [5.74, 6) is 0.173. The van der Waals surface area contributed by atoms with E-state index in [4.69, 9.17) is 9.47 Å². The Labute approximate surface area is 139 Å². The zero-order valence-electron chi connectivity index (χ0n) is 13.3. The molecule has 1 heterocycles. The van der Waals surface area contributed by atoms with Crippen molar-refractivity contribution in [1.82, 2.24) is 0 Å². The summed E-state index contributed by atoms with van der Waals surface area (Å²) >= 11 is 0. The summed E-state index contributed by atoms with van der Waals surface area (Å²) < 4.78 is 49.2. The Balaban J connectivity index is 1.53. The van der Waals surface area contributed by atoms with Crippen molar-refractivity contribution in [2.45, 2.75) is 57.1 Å². The van der Waals surface area contributed by atoms with Gasteiger partial charge in [0.05, 0.1) is 18.3 Å². The Morgan fingerprint density at radius 2 is 1.75 bits per heavy atom. The van der Waals surface area contributed by atoms with Gasteiger partial charge in [-0.15, -0.1) is 0 Å². The van der Waals surface area contributed by atoms with Gasteiger partial charge in [-0.25, -0.2) is 0 Å². The van der Waals surface area contributed by atoms with Crippen molar-refractivity contribution in [2.24, 2.45) is 5.92 Å². The molecule has 0 N–H and O–H groups in total. The largest absolute Gasteiger partial charge is 0.416 e. The molecule has 1 saturated heterocycles. The van der Waals surface area contributed by atoms with Crippen molar-refractivity contribution >= 4 is 5.78 Å². The molecule has 1 aliphatic carbocycles. The molecule has 6 heteroatoms. The van der Waals surface area contributed by atoms with Crippen LogP contribution in [0, 0.1) is 5.92 Å². The highest BCUT2D eigenvalue weighted by Gasteiger charge is 2.34. The van der Waals surface area contributed by atoms with Crippen LogP contribution < -0.4 is 0 Å². The van der Waals surface area contributed by atoms with Crippen molar-refractivity contribution < 1.29 is 27.4 Å². The summed E-state index contributed by atoms with van der Waals surface area (Å²) in [7, 11) is 0. The van der Waals surface area contributed by atoms with Gasteiger partial charge in [-0.2, -0.15) is 13.2 Å². The van der Waals surface area contributed by atoms with Gasteiger partial charge in [0.2, 0.25) is 0 Å². The van der Waals surface area contributed by atoms with Crippen LogP contribution in [0.4, 0.5) is 13.2 Å². The minimum Gasteiger partial charge on any atom is -0.350 e. The number of rotatable bonds is 4. The fraction of sp³-hybridized carbons (Fsp3) is 0.611. The first-order valence-electron chi connectivity index (χ1n) is 8.41. The van der Waals surface area contributed by atoms with E-state index in [2.05, 4.69) is 0 Å². The summed E-state index contributed by atoms with van der Waals surface area (Å²) in [6.45, 7) is 0.369. The van der Waals surface area contributed by atoms with Gasteiger partial charge in [0.15, 0.2) is 12.1 Å². The van der Waals surface area contributed by atoms with E-state index in [0.29, 0.717) is 12.5 Å². The van der Waals surface area contributed by atoms with Gasteiger partial charge in [0.1, 0.15) is 0 Å². The predicted molar refractivity (Wildman–Crippen MR) is 81.6 cm³/mol.